The molecule has 1 fully saturated rings. The van der Waals surface area contributed by atoms with E-state index in [1.807, 2.05) is 13.1 Å². The van der Waals surface area contributed by atoms with Crippen LogP contribution in [0.3, 0.4) is 0 Å². The molecule has 1 atom stereocenters. The van der Waals surface area contributed by atoms with Crippen molar-refractivity contribution >= 4 is 17.9 Å². The third-order valence-corrected chi connectivity index (χ3v) is 6.51. The number of carbonyl (C=O) groups is 1. The van der Waals surface area contributed by atoms with Crippen LogP contribution in [0.1, 0.15) is 42.5 Å². The largest absolute Gasteiger partial charge is 0.481 e. The summed E-state index contributed by atoms with van der Waals surface area (Å²) in [5.74, 6) is -1.08. The lowest BCUT2D eigenvalue weighted by molar-refractivity contribution is -0.155. The van der Waals surface area contributed by atoms with Gasteiger partial charge < -0.3 is 9.94 Å². The molecule has 0 bridgehead atoms. The Balaban J connectivity index is 1.36. The van der Waals surface area contributed by atoms with Crippen molar-refractivity contribution in [2.75, 3.05) is 13.1 Å². The van der Waals surface area contributed by atoms with Gasteiger partial charge in [0, 0.05) is 36.8 Å². The van der Waals surface area contributed by atoms with E-state index in [4.69, 9.17) is 4.84 Å². The Labute approximate surface area is 180 Å². The summed E-state index contributed by atoms with van der Waals surface area (Å²) in [4.78, 5) is 20.1. The molecule has 1 aromatic heterocycles. The van der Waals surface area contributed by atoms with Gasteiger partial charge in [0.15, 0.2) is 0 Å². The Morgan fingerprint density at radius 2 is 2.06 bits per heavy atom. The summed E-state index contributed by atoms with van der Waals surface area (Å²) in [6.07, 6.45) is 5.30. The van der Waals surface area contributed by atoms with Crippen molar-refractivity contribution in [3.05, 3.63) is 59.7 Å². The molecule has 4 rings (SSSR count). The van der Waals surface area contributed by atoms with Crippen molar-refractivity contribution in [2.45, 2.75) is 45.3 Å². The maximum absolute atomic E-state index is 13.2. The van der Waals surface area contributed by atoms with Crippen molar-refractivity contribution in [1.82, 2.24) is 14.7 Å². The maximum atomic E-state index is 13.2. The number of carboxylic acids is 1. The van der Waals surface area contributed by atoms with Crippen LogP contribution in [0, 0.1) is 18.2 Å². The summed E-state index contributed by atoms with van der Waals surface area (Å²) >= 11 is 0. The van der Waals surface area contributed by atoms with Gasteiger partial charge in [-0.2, -0.15) is 5.10 Å². The lowest BCUT2D eigenvalue weighted by atomic mass is 9.73. The van der Waals surface area contributed by atoms with Crippen LogP contribution in [0.5, 0.6) is 0 Å². The van der Waals surface area contributed by atoms with Gasteiger partial charge in [0.05, 0.1) is 17.3 Å². The lowest BCUT2D eigenvalue weighted by Crippen LogP contribution is -2.45. The molecule has 31 heavy (non-hydrogen) atoms. The number of oxime groups is 1. The van der Waals surface area contributed by atoms with Gasteiger partial charge in [0.2, 0.25) is 0 Å². The van der Waals surface area contributed by atoms with E-state index in [0.29, 0.717) is 38.8 Å². The Bertz CT molecular complexity index is 991. The van der Waals surface area contributed by atoms with Gasteiger partial charge in [-0.3, -0.25) is 9.69 Å². The third kappa shape index (κ3) is 4.39. The summed E-state index contributed by atoms with van der Waals surface area (Å²) in [6, 6.07) is 6.12. The standard InChI is InChI=1S/C23H27FN4O3/c1-3-28-16(2)18(14-25-28)15-27-10-8-23(9-11-27,22(29)30)13-20-12-21(26-31-20)17-4-6-19(24)7-5-17/h3-7,14,20H,1,8-13,15H2,2H3,(H,29,30)/t20-/m1/s1. The quantitative estimate of drug-likeness (QED) is 0.731. The number of benzene rings is 1. The topological polar surface area (TPSA) is 80.0 Å². The van der Waals surface area contributed by atoms with Crippen molar-refractivity contribution in [3.8, 4) is 0 Å². The highest BCUT2D eigenvalue weighted by molar-refractivity contribution is 6.01. The number of carboxylic acid groups (broad SMARTS) is 1. The molecule has 8 heteroatoms. The number of rotatable bonds is 7. The van der Waals surface area contributed by atoms with Gasteiger partial charge in [0.25, 0.3) is 0 Å². The number of aromatic nitrogens is 2. The smallest absolute Gasteiger partial charge is 0.309 e. The van der Waals surface area contributed by atoms with Gasteiger partial charge in [-0.1, -0.05) is 23.9 Å². The van der Waals surface area contributed by atoms with Gasteiger partial charge in [0.1, 0.15) is 11.9 Å². The van der Waals surface area contributed by atoms with Crippen LogP contribution in [-0.4, -0.2) is 50.7 Å². The van der Waals surface area contributed by atoms with Crippen LogP contribution in [-0.2, 0) is 16.2 Å². The number of halogens is 1. The second-order valence-corrected chi connectivity index (χ2v) is 8.42. The number of hydrogen-bond donors (Lipinski definition) is 1. The molecule has 0 aliphatic carbocycles. The first-order chi connectivity index (χ1) is 14.9. The average molecular weight is 426 g/mol. The minimum absolute atomic E-state index is 0.282. The third-order valence-electron chi connectivity index (χ3n) is 6.51. The molecule has 0 saturated carbocycles. The molecule has 2 aliphatic rings. The number of hydrogen-bond acceptors (Lipinski definition) is 5. The zero-order valence-electron chi connectivity index (χ0n) is 17.6. The van der Waals surface area contributed by atoms with Gasteiger partial charge in [-0.25, -0.2) is 9.07 Å². The van der Waals surface area contributed by atoms with Crippen molar-refractivity contribution in [2.24, 2.45) is 10.6 Å². The van der Waals surface area contributed by atoms with E-state index in [2.05, 4.69) is 21.7 Å². The van der Waals surface area contributed by atoms with Crippen LogP contribution in [0.15, 0.2) is 42.2 Å². The molecule has 0 amide bonds. The Hall–Kier alpha value is -3.00. The Morgan fingerprint density at radius 3 is 2.68 bits per heavy atom. The van der Waals surface area contributed by atoms with E-state index >= 15 is 0 Å². The molecule has 0 spiro atoms. The molecule has 1 saturated heterocycles. The first-order valence-electron chi connectivity index (χ1n) is 10.5. The van der Waals surface area contributed by atoms with E-state index in [-0.39, 0.29) is 11.9 Å². The minimum atomic E-state index is -0.824. The summed E-state index contributed by atoms with van der Waals surface area (Å²) in [5.41, 5.74) is 2.89. The van der Waals surface area contributed by atoms with Crippen molar-refractivity contribution < 1.29 is 19.1 Å². The fraction of sp³-hybridized carbons (Fsp3) is 0.435. The van der Waals surface area contributed by atoms with Gasteiger partial charge in [-0.15, -0.1) is 0 Å². The van der Waals surface area contributed by atoms with E-state index in [9.17, 15) is 14.3 Å². The maximum Gasteiger partial charge on any atom is 0.309 e. The van der Waals surface area contributed by atoms with E-state index in [1.54, 1.807) is 23.0 Å². The van der Waals surface area contributed by atoms with Crippen molar-refractivity contribution in [3.63, 3.8) is 0 Å². The van der Waals surface area contributed by atoms with Gasteiger partial charge in [-0.05, 0) is 50.6 Å². The highest BCUT2D eigenvalue weighted by Gasteiger charge is 2.45. The minimum Gasteiger partial charge on any atom is -0.481 e. The van der Waals surface area contributed by atoms with Crippen LogP contribution >= 0.6 is 0 Å². The Kier molecular flexibility index (Phi) is 5.91. The molecule has 3 heterocycles. The van der Waals surface area contributed by atoms with Crippen molar-refractivity contribution in [1.29, 1.82) is 0 Å². The van der Waals surface area contributed by atoms with E-state index in [0.717, 1.165) is 29.1 Å². The fourth-order valence-corrected chi connectivity index (χ4v) is 4.47. The highest BCUT2D eigenvalue weighted by Crippen LogP contribution is 2.39. The zero-order chi connectivity index (χ0) is 22.0. The molecule has 0 radical (unpaired) electrons. The summed E-state index contributed by atoms with van der Waals surface area (Å²) < 4.78 is 14.9. The first-order valence-corrected chi connectivity index (χ1v) is 10.5. The molecule has 7 nitrogen and oxygen atoms in total. The first kappa shape index (κ1) is 21.2. The number of aliphatic carboxylic acids is 1. The summed E-state index contributed by atoms with van der Waals surface area (Å²) in [5, 5.41) is 18.5. The second-order valence-electron chi connectivity index (χ2n) is 8.42. The molecule has 1 aromatic carbocycles. The SMILES string of the molecule is C=Cn1ncc(CN2CCC(C[C@H]3CC(c4ccc(F)cc4)=NO3)(C(=O)O)CC2)c1C. The predicted octanol–water partition coefficient (Wildman–Crippen LogP) is 3.68. The van der Waals surface area contributed by atoms with Crippen LogP contribution in [0.4, 0.5) is 4.39 Å². The monoisotopic (exact) mass is 426 g/mol. The number of piperidine rings is 1. The molecular formula is C23H27FN4O3. The fourth-order valence-electron chi connectivity index (χ4n) is 4.47. The lowest BCUT2D eigenvalue weighted by Gasteiger charge is -2.39. The van der Waals surface area contributed by atoms with Crippen LogP contribution in [0.2, 0.25) is 0 Å². The predicted molar refractivity (Wildman–Crippen MR) is 115 cm³/mol. The van der Waals surface area contributed by atoms with Crippen LogP contribution < -0.4 is 0 Å². The average Bonchev–Trinajstić information content (AvgIpc) is 3.36. The second kappa shape index (κ2) is 8.63. The van der Waals surface area contributed by atoms with E-state index in [1.165, 1.54) is 12.1 Å². The van der Waals surface area contributed by atoms with E-state index < -0.39 is 11.4 Å². The Morgan fingerprint density at radius 1 is 1.35 bits per heavy atom. The summed E-state index contributed by atoms with van der Waals surface area (Å²) in [6.45, 7) is 7.90. The molecule has 0 unspecified atom stereocenters. The molecule has 1 N–H and O–H groups in total. The number of nitrogens with zero attached hydrogens (tertiary/aromatic N) is 4. The zero-order valence-corrected chi connectivity index (χ0v) is 17.6. The normalized spacial score (nSPS) is 20.8. The summed E-state index contributed by atoms with van der Waals surface area (Å²) in [7, 11) is 0. The van der Waals surface area contributed by atoms with Crippen LogP contribution in [0.25, 0.3) is 6.20 Å². The molecule has 164 valence electrons. The highest BCUT2D eigenvalue weighted by atomic mass is 19.1. The molecular weight excluding hydrogens is 399 g/mol. The van der Waals surface area contributed by atoms with Gasteiger partial charge >= 0.3 is 5.97 Å². The molecule has 2 aromatic rings. The number of likely N-dealkylation sites (tertiary alicyclic amines) is 1. The molecule has 2 aliphatic heterocycles.